The van der Waals surface area contributed by atoms with Gasteiger partial charge in [0.05, 0.1) is 18.1 Å². The molecule has 0 saturated carbocycles. The molecular formula is C19H32N2O3S. The lowest BCUT2D eigenvalue weighted by Crippen LogP contribution is -2.52. The molecule has 1 aromatic rings. The Balaban J connectivity index is 2.15. The maximum Gasteiger partial charge on any atom is 0.240 e. The fourth-order valence-electron chi connectivity index (χ4n) is 3.71. The van der Waals surface area contributed by atoms with Crippen molar-refractivity contribution in [2.75, 3.05) is 32.8 Å². The molecule has 1 heterocycles. The van der Waals surface area contributed by atoms with Crippen molar-refractivity contribution in [2.24, 2.45) is 5.92 Å². The van der Waals surface area contributed by atoms with Crippen LogP contribution in [0.1, 0.15) is 37.8 Å². The third-order valence-corrected chi connectivity index (χ3v) is 6.79. The lowest BCUT2D eigenvalue weighted by atomic mass is 9.92. The Morgan fingerprint density at radius 2 is 1.80 bits per heavy atom. The molecule has 0 aliphatic carbocycles. The first-order valence-electron chi connectivity index (χ1n) is 9.27. The van der Waals surface area contributed by atoms with Crippen LogP contribution in [-0.4, -0.2) is 52.2 Å². The topological polar surface area (TPSA) is 58.6 Å². The highest BCUT2D eigenvalue weighted by atomic mass is 32.2. The Labute approximate surface area is 152 Å². The molecular weight excluding hydrogens is 336 g/mol. The predicted octanol–water partition coefficient (Wildman–Crippen LogP) is 2.72. The number of morpholine rings is 1. The third kappa shape index (κ3) is 5.26. The normalized spacial score (nSPS) is 17.8. The molecule has 2 rings (SSSR count). The maximum absolute atomic E-state index is 12.8. The summed E-state index contributed by atoms with van der Waals surface area (Å²) in [5.74, 6) is 0.472. The van der Waals surface area contributed by atoms with Crippen molar-refractivity contribution in [3.05, 3.63) is 29.3 Å². The lowest BCUT2D eigenvalue weighted by molar-refractivity contribution is 0.00297. The van der Waals surface area contributed by atoms with Crippen molar-refractivity contribution in [1.29, 1.82) is 0 Å². The highest BCUT2D eigenvalue weighted by Crippen LogP contribution is 2.21. The molecule has 142 valence electrons. The molecule has 1 aliphatic rings. The average Bonchev–Trinajstić information content (AvgIpc) is 2.59. The van der Waals surface area contributed by atoms with Gasteiger partial charge in [0, 0.05) is 25.7 Å². The van der Waals surface area contributed by atoms with Crippen LogP contribution in [0.2, 0.25) is 0 Å². The second-order valence-corrected chi connectivity index (χ2v) is 8.65. The first-order chi connectivity index (χ1) is 11.9. The van der Waals surface area contributed by atoms with E-state index in [0.29, 0.717) is 17.4 Å². The minimum Gasteiger partial charge on any atom is -0.379 e. The standard InChI is InChI=1S/C19H32N2O3S/c1-5-17(6-2)18(21-9-11-24-12-10-21)14-20-25(22,23)19-8-7-15(3)13-16(19)4/h7-8,13,17-18,20H,5-6,9-12,14H2,1-4H3/t18-/m1/s1. The fourth-order valence-corrected chi connectivity index (χ4v) is 4.99. The molecule has 0 spiro atoms. The van der Waals surface area contributed by atoms with Crippen LogP contribution in [-0.2, 0) is 14.8 Å². The molecule has 0 bridgehead atoms. The number of benzene rings is 1. The van der Waals surface area contributed by atoms with E-state index in [1.165, 1.54) is 0 Å². The summed E-state index contributed by atoms with van der Waals surface area (Å²) in [5, 5.41) is 0. The van der Waals surface area contributed by atoms with E-state index in [9.17, 15) is 8.42 Å². The number of aryl methyl sites for hydroxylation is 2. The van der Waals surface area contributed by atoms with Crippen LogP contribution in [0.5, 0.6) is 0 Å². The quantitative estimate of drug-likeness (QED) is 0.766. The van der Waals surface area contributed by atoms with Gasteiger partial charge in [-0.2, -0.15) is 0 Å². The Bertz CT molecular complexity index is 651. The van der Waals surface area contributed by atoms with E-state index < -0.39 is 10.0 Å². The van der Waals surface area contributed by atoms with E-state index in [1.54, 1.807) is 6.07 Å². The summed E-state index contributed by atoms with van der Waals surface area (Å²) in [6.45, 7) is 11.8. The zero-order chi connectivity index (χ0) is 18.4. The van der Waals surface area contributed by atoms with Gasteiger partial charge in [0.25, 0.3) is 0 Å². The first-order valence-corrected chi connectivity index (χ1v) is 10.8. The number of hydrogen-bond acceptors (Lipinski definition) is 4. The van der Waals surface area contributed by atoms with Gasteiger partial charge in [-0.1, -0.05) is 44.4 Å². The number of rotatable bonds is 8. The molecule has 1 atom stereocenters. The molecule has 0 radical (unpaired) electrons. The van der Waals surface area contributed by atoms with Crippen molar-refractivity contribution < 1.29 is 13.2 Å². The summed E-state index contributed by atoms with van der Waals surface area (Å²) in [6, 6.07) is 5.67. The van der Waals surface area contributed by atoms with Crippen molar-refractivity contribution in [3.63, 3.8) is 0 Å². The minimum atomic E-state index is -3.50. The van der Waals surface area contributed by atoms with E-state index >= 15 is 0 Å². The molecule has 1 aliphatic heterocycles. The van der Waals surface area contributed by atoms with E-state index in [4.69, 9.17) is 4.74 Å². The number of nitrogens with zero attached hydrogens (tertiary/aromatic N) is 1. The number of ether oxygens (including phenoxy) is 1. The zero-order valence-electron chi connectivity index (χ0n) is 15.9. The van der Waals surface area contributed by atoms with Crippen LogP contribution in [0.15, 0.2) is 23.1 Å². The van der Waals surface area contributed by atoms with E-state index in [1.807, 2.05) is 26.0 Å². The Morgan fingerprint density at radius 1 is 1.16 bits per heavy atom. The van der Waals surface area contributed by atoms with Gasteiger partial charge in [-0.05, 0) is 31.4 Å². The van der Waals surface area contributed by atoms with Gasteiger partial charge < -0.3 is 4.74 Å². The van der Waals surface area contributed by atoms with Crippen LogP contribution >= 0.6 is 0 Å². The second kappa shape index (κ2) is 9.12. The summed E-state index contributed by atoms with van der Waals surface area (Å²) >= 11 is 0. The van der Waals surface area contributed by atoms with E-state index in [2.05, 4.69) is 23.5 Å². The van der Waals surface area contributed by atoms with Gasteiger partial charge in [-0.15, -0.1) is 0 Å². The van der Waals surface area contributed by atoms with Crippen LogP contribution in [0, 0.1) is 19.8 Å². The number of hydrogen-bond donors (Lipinski definition) is 1. The molecule has 1 aromatic carbocycles. The maximum atomic E-state index is 12.8. The van der Waals surface area contributed by atoms with E-state index in [-0.39, 0.29) is 6.04 Å². The molecule has 1 saturated heterocycles. The van der Waals surface area contributed by atoms with Gasteiger partial charge in [-0.3, -0.25) is 4.90 Å². The largest absolute Gasteiger partial charge is 0.379 e. The van der Waals surface area contributed by atoms with Crippen molar-refractivity contribution in [1.82, 2.24) is 9.62 Å². The van der Waals surface area contributed by atoms with Crippen molar-refractivity contribution in [2.45, 2.75) is 51.5 Å². The fraction of sp³-hybridized carbons (Fsp3) is 0.684. The molecule has 1 fully saturated rings. The summed E-state index contributed by atoms with van der Waals surface area (Å²) in [6.07, 6.45) is 2.09. The second-order valence-electron chi connectivity index (χ2n) is 6.91. The third-order valence-electron chi connectivity index (χ3n) is 5.21. The monoisotopic (exact) mass is 368 g/mol. The Kier molecular flexibility index (Phi) is 7.43. The Morgan fingerprint density at radius 3 is 2.36 bits per heavy atom. The summed E-state index contributed by atoms with van der Waals surface area (Å²) < 4.78 is 33.9. The van der Waals surface area contributed by atoms with Gasteiger partial charge in [-0.25, -0.2) is 13.1 Å². The minimum absolute atomic E-state index is 0.208. The predicted molar refractivity (Wildman–Crippen MR) is 101 cm³/mol. The summed E-state index contributed by atoms with van der Waals surface area (Å²) in [5.41, 5.74) is 1.86. The molecule has 0 aromatic heterocycles. The Hall–Kier alpha value is -0.950. The van der Waals surface area contributed by atoms with Crippen LogP contribution in [0.4, 0.5) is 0 Å². The SMILES string of the molecule is CCC(CC)[C@@H](CNS(=O)(=O)c1ccc(C)cc1C)N1CCOCC1. The highest BCUT2D eigenvalue weighted by Gasteiger charge is 2.28. The van der Waals surface area contributed by atoms with Crippen molar-refractivity contribution >= 4 is 10.0 Å². The van der Waals surface area contributed by atoms with Gasteiger partial charge in [0.1, 0.15) is 0 Å². The van der Waals surface area contributed by atoms with Gasteiger partial charge in [0.15, 0.2) is 0 Å². The van der Waals surface area contributed by atoms with Crippen LogP contribution in [0.25, 0.3) is 0 Å². The summed E-state index contributed by atoms with van der Waals surface area (Å²) in [7, 11) is -3.50. The molecule has 1 N–H and O–H groups in total. The van der Waals surface area contributed by atoms with Gasteiger partial charge >= 0.3 is 0 Å². The van der Waals surface area contributed by atoms with Crippen LogP contribution in [0.3, 0.4) is 0 Å². The summed E-state index contributed by atoms with van der Waals surface area (Å²) in [4.78, 5) is 2.76. The smallest absolute Gasteiger partial charge is 0.240 e. The highest BCUT2D eigenvalue weighted by molar-refractivity contribution is 7.89. The van der Waals surface area contributed by atoms with Gasteiger partial charge in [0.2, 0.25) is 10.0 Å². The first kappa shape index (κ1) is 20.4. The zero-order valence-corrected chi connectivity index (χ0v) is 16.7. The van der Waals surface area contributed by atoms with Crippen molar-refractivity contribution in [3.8, 4) is 0 Å². The van der Waals surface area contributed by atoms with Crippen LogP contribution < -0.4 is 4.72 Å². The molecule has 0 unspecified atom stereocenters. The average molecular weight is 369 g/mol. The molecule has 0 amide bonds. The molecule has 5 nitrogen and oxygen atoms in total. The van der Waals surface area contributed by atoms with E-state index in [0.717, 1.165) is 50.3 Å². The number of sulfonamides is 1. The molecule has 25 heavy (non-hydrogen) atoms. The number of nitrogens with one attached hydrogen (secondary N) is 1. The lowest BCUT2D eigenvalue weighted by Gasteiger charge is -2.38. The molecule has 6 heteroatoms.